The Balaban J connectivity index is -0.00000000785. The molecule has 0 heterocycles. The summed E-state index contributed by atoms with van der Waals surface area (Å²) >= 11 is 0. The first-order chi connectivity index (χ1) is 3.73. The second kappa shape index (κ2) is 29.2. The summed E-state index contributed by atoms with van der Waals surface area (Å²) in [4.78, 5) is 8.47. The average Bonchev–Trinajstić information content (AvgIpc) is 1.19. The van der Waals surface area contributed by atoms with Gasteiger partial charge in [0.05, 0.1) is 0 Å². The molecule has 0 saturated heterocycles. The fraction of sp³-hybridized carbons (Fsp3) is 0. The van der Waals surface area contributed by atoms with E-state index in [0.29, 0.717) is 0 Å². The van der Waals surface area contributed by atoms with Crippen molar-refractivity contribution in [3.63, 3.8) is 0 Å². The first-order valence-electron chi connectivity index (χ1n) is 1.27. The van der Waals surface area contributed by atoms with Crippen molar-refractivity contribution in [2.24, 2.45) is 0 Å². The van der Waals surface area contributed by atoms with E-state index in [1.165, 1.54) is 0 Å². The van der Waals surface area contributed by atoms with Crippen molar-refractivity contribution in [2.45, 2.75) is 0 Å². The number of nitrogens with two attached hydrogens (primary N) is 4. The molecule has 0 amide bonds. The van der Waals surface area contributed by atoms with Gasteiger partial charge in [0.1, 0.15) is 4.91 Å². The Labute approximate surface area is 95.8 Å². The molecule has 0 fully saturated rings. The molecule has 0 saturated carbocycles. The summed E-state index contributed by atoms with van der Waals surface area (Å²) in [5.74, 6) is 0. The summed E-state index contributed by atoms with van der Waals surface area (Å²) in [6, 6.07) is 0. The average molecular weight is 302 g/mol. The zero-order chi connectivity index (χ0) is 8.08. The van der Waals surface area contributed by atoms with Crippen molar-refractivity contribution in [1.29, 1.82) is 0 Å². The molecular formula is H13CoN5O8S-. The second-order valence-corrected chi connectivity index (χ2v) is 1.54. The SMILES string of the molecule is O.O=S(=O)([O-])O.O=[N+](O)O.[Co+3].[NH2-].[NH2-].[NH2-].[NH2-]. The monoisotopic (exact) mass is 302 g/mol. The maximum Gasteiger partial charge on any atom is 3.00 e. The van der Waals surface area contributed by atoms with Gasteiger partial charge < -0.3 is 34.6 Å². The molecule has 15 heteroatoms. The van der Waals surface area contributed by atoms with E-state index in [1.54, 1.807) is 0 Å². The maximum absolute atomic E-state index is 8.63. The van der Waals surface area contributed by atoms with Crippen molar-refractivity contribution in [3.8, 4) is 0 Å². The summed E-state index contributed by atoms with van der Waals surface area (Å²) in [6.45, 7) is 0. The van der Waals surface area contributed by atoms with E-state index in [2.05, 4.69) is 0 Å². The van der Waals surface area contributed by atoms with Crippen molar-refractivity contribution in [1.82, 2.24) is 0 Å². The van der Waals surface area contributed by atoms with Gasteiger partial charge in [0, 0.05) is 0 Å². The molecule has 15 heavy (non-hydrogen) atoms. The molecule has 102 valence electrons. The Morgan fingerprint density at radius 2 is 1.00 bits per heavy atom. The van der Waals surface area contributed by atoms with Crippen LogP contribution in [-0.2, 0) is 27.2 Å². The van der Waals surface area contributed by atoms with Crippen molar-refractivity contribution in [3.05, 3.63) is 29.5 Å². The van der Waals surface area contributed by atoms with E-state index in [1.807, 2.05) is 0 Å². The van der Waals surface area contributed by atoms with Crippen molar-refractivity contribution in [2.75, 3.05) is 0 Å². The quantitative estimate of drug-likeness (QED) is 0.324. The molecule has 0 aliphatic heterocycles. The molecule has 0 spiro atoms. The normalized spacial score (nSPS) is 5.47. The molecular weight excluding hydrogens is 289 g/mol. The Morgan fingerprint density at radius 1 is 1.00 bits per heavy atom. The molecule has 0 unspecified atom stereocenters. The molecule has 0 radical (unpaired) electrons. The number of nitrogens with zero attached hydrogens (tertiary/aromatic N) is 1. The van der Waals surface area contributed by atoms with Crippen LogP contribution in [0.4, 0.5) is 0 Å². The van der Waals surface area contributed by atoms with Gasteiger partial charge in [-0.25, -0.2) is 18.8 Å². The van der Waals surface area contributed by atoms with Crippen LogP contribution in [0.25, 0.3) is 24.6 Å². The van der Waals surface area contributed by atoms with Crippen LogP contribution in [-0.4, -0.2) is 38.5 Å². The summed E-state index contributed by atoms with van der Waals surface area (Å²) in [5.41, 5.74) is 0. The van der Waals surface area contributed by atoms with E-state index in [4.69, 9.17) is 32.8 Å². The van der Waals surface area contributed by atoms with Crippen LogP contribution in [0, 0.1) is 4.91 Å². The predicted molar refractivity (Wildman–Crippen MR) is 44.3 cm³/mol. The van der Waals surface area contributed by atoms with Crippen LogP contribution in [0.2, 0.25) is 0 Å². The molecule has 0 rings (SSSR count). The number of rotatable bonds is 0. The van der Waals surface area contributed by atoms with Gasteiger partial charge in [0.25, 0.3) is 0 Å². The Kier molecular flexibility index (Phi) is 123. The third-order valence-corrected chi connectivity index (χ3v) is 0. The molecule has 13 N–H and O–H groups in total. The fourth-order valence-electron chi connectivity index (χ4n) is 0. The molecule has 0 aliphatic carbocycles. The Morgan fingerprint density at radius 3 is 1.00 bits per heavy atom. The van der Waals surface area contributed by atoms with Gasteiger partial charge in [0.2, 0.25) is 10.4 Å². The minimum Gasteiger partial charge on any atom is -0.726 e. The van der Waals surface area contributed by atoms with Crippen molar-refractivity contribution < 1.29 is 55.3 Å². The third kappa shape index (κ3) is 4450. The van der Waals surface area contributed by atoms with E-state index < -0.39 is 15.5 Å². The third-order valence-electron chi connectivity index (χ3n) is 0. The molecule has 0 atom stereocenters. The number of hydrogen-bond acceptors (Lipinski definition) is 4. The summed E-state index contributed by atoms with van der Waals surface area (Å²) in [6.07, 6.45) is 0. The summed E-state index contributed by atoms with van der Waals surface area (Å²) in [5, 5.41) is 12.5. The smallest absolute Gasteiger partial charge is 0.726 e. The first kappa shape index (κ1) is 63.3. The summed E-state index contributed by atoms with van der Waals surface area (Å²) in [7, 11) is -4.92. The molecule has 0 aromatic heterocycles. The molecule has 13 nitrogen and oxygen atoms in total. The zero-order valence-electron chi connectivity index (χ0n) is 6.97. The fourth-order valence-corrected chi connectivity index (χ4v) is 0. The Bertz CT molecular complexity index is 165. The topological polar surface area (TPSA) is 303 Å². The minimum absolute atomic E-state index is 0. The largest absolute Gasteiger partial charge is 3.00 e. The van der Waals surface area contributed by atoms with E-state index in [9.17, 15) is 0 Å². The van der Waals surface area contributed by atoms with Gasteiger partial charge in [0.15, 0.2) is 0 Å². The predicted octanol–water partition coefficient (Wildman–Crippen LogP) is 0.590. The standard InChI is InChI=1S/Co.H2NO3.4H2N.H2O4S.H2O/c;2-1(3)4;;;;;1-5(2,3)4;/h;(H2,2,3,4);4*1H2;(H2,1,2,3,4);1H2/q+3;+1;4*-1;;/p-1. The zero-order valence-corrected chi connectivity index (χ0v) is 8.83. The minimum atomic E-state index is -4.92. The van der Waals surface area contributed by atoms with Crippen LogP contribution in [0.1, 0.15) is 0 Å². The van der Waals surface area contributed by atoms with Gasteiger partial charge in [-0.2, -0.15) is 0 Å². The van der Waals surface area contributed by atoms with Crippen LogP contribution >= 0.6 is 0 Å². The molecule has 0 aliphatic rings. The van der Waals surface area contributed by atoms with Crippen LogP contribution in [0.3, 0.4) is 0 Å². The van der Waals surface area contributed by atoms with Crippen LogP contribution in [0.5, 0.6) is 0 Å². The summed E-state index contributed by atoms with van der Waals surface area (Å²) < 4.78 is 32.8. The van der Waals surface area contributed by atoms with E-state index >= 15 is 0 Å². The maximum atomic E-state index is 8.63. The van der Waals surface area contributed by atoms with Crippen molar-refractivity contribution >= 4 is 10.4 Å². The Hall–Kier alpha value is -0.624. The van der Waals surface area contributed by atoms with Gasteiger partial charge in [-0.05, 0) is 0 Å². The molecule has 0 aromatic rings. The van der Waals surface area contributed by atoms with Gasteiger partial charge in [-0.1, -0.05) is 0 Å². The molecule has 0 bridgehead atoms. The number of hydrogen-bond donors (Lipinski definition) is 3. The van der Waals surface area contributed by atoms with E-state index in [-0.39, 0.29) is 46.9 Å². The van der Waals surface area contributed by atoms with Gasteiger partial charge >= 0.3 is 21.9 Å². The van der Waals surface area contributed by atoms with Crippen LogP contribution in [0.15, 0.2) is 0 Å². The molecule has 0 aromatic carbocycles. The first-order valence-corrected chi connectivity index (χ1v) is 2.63. The van der Waals surface area contributed by atoms with Crippen LogP contribution < -0.4 is 0 Å². The van der Waals surface area contributed by atoms with E-state index in [0.717, 1.165) is 0 Å². The van der Waals surface area contributed by atoms with Gasteiger partial charge in [-0.15, -0.1) is 0 Å². The second-order valence-electron chi connectivity index (χ2n) is 0.680. The van der Waals surface area contributed by atoms with Gasteiger partial charge in [-0.3, -0.25) is 4.55 Å².